The van der Waals surface area contributed by atoms with Crippen LogP contribution in [0.5, 0.6) is 0 Å². The quantitative estimate of drug-likeness (QED) is 0.736. The Morgan fingerprint density at radius 3 is 3.00 bits per heavy atom. The van der Waals surface area contributed by atoms with Crippen molar-refractivity contribution in [2.75, 3.05) is 0 Å². The van der Waals surface area contributed by atoms with Crippen molar-refractivity contribution in [3.05, 3.63) is 22.4 Å². The lowest BCUT2D eigenvalue weighted by Crippen LogP contribution is -1.99. The first-order valence-corrected chi connectivity index (χ1v) is 4.87. The highest BCUT2D eigenvalue weighted by molar-refractivity contribution is 7.09. The van der Waals surface area contributed by atoms with Crippen molar-refractivity contribution in [1.29, 1.82) is 0 Å². The summed E-state index contributed by atoms with van der Waals surface area (Å²) >= 11 is 1.79. The number of hydrogen-bond acceptors (Lipinski definition) is 2. The molecular weight excluding hydrogens is 156 g/mol. The van der Waals surface area contributed by atoms with Gasteiger partial charge in [-0.05, 0) is 37.6 Å². The van der Waals surface area contributed by atoms with Crippen LogP contribution in [0.25, 0.3) is 0 Å². The molecule has 0 aliphatic heterocycles. The van der Waals surface area contributed by atoms with E-state index in [1.54, 1.807) is 11.3 Å². The molecule has 0 radical (unpaired) electrons. The number of aliphatic hydroxyl groups excluding tert-OH is 1. The summed E-state index contributed by atoms with van der Waals surface area (Å²) < 4.78 is 0. The van der Waals surface area contributed by atoms with Gasteiger partial charge < -0.3 is 5.11 Å². The third kappa shape index (κ3) is 3.54. The molecule has 0 aromatic carbocycles. The fourth-order valence-electron chi connectivity index (χ4n) is 1.03. The highest BCUT2D eigenvalue weighted by Gasteiger charge is 1.96. The van der Waals surface area contributed by atoms with Crippen molar-refractivity contribution in [3.8, 4) is 0 Å². The predicted molar refractivity (Wildman–Crippen MR) is 48.9 cm³/mol. The lowest BCUT2D eigenvalue weighted by molar-refractivity contribution is 0.182. The van der Waals surface area contributed by atoms with Crippen LogP contribution >= 0.6 is 11.3 Å². The molecule has 62 valence electrons. The predicted octanol–water partition coefficient (Wildman–Crippen LogP) is 2.45. The van der Waals surface area contributed by atoms with E-state index in [0.29, 0.717) is 0 Å². The van der Waals surface area contributed by atoms with Gasteiger partial charge in [-0.1, -0.05) is 6.07 Å². The van der Waals surface area contributed by atoms with E-state index in [1.807, 2.05) is 6.92 Å². The van der Waals surface area contributed by atoms with E-state index in [0.717, 1.165) is 19.3 Å². The Balaban J connectivity index is 2.14. The Morgan fingerprint density at radius 2 is 2.45 bits per heavy atom. The van der Waals surface area contributed by atoms with Gasteiger partial charge in [0.2, 0.25) is 0 Å². The van der Waals surface area contributed by atoms with Gasteiger partial charge in [-0.25, -0.2) is 0 Å². The van der Waals surface area contributed by atoms with Crippen LogP contribution in [0.4, 0.5) is 0 Å². The summed E-state index contributed by atoms with van der Waals surface area (Å²) in [4.78, 5) is 1.42. The van der Waals surface area contributed by atoms with Gasteiger partial charge in [0.05, 0.1) is 6.10 Å². The number of thiophene rings is 1. The molecule has 1 N–H and O–H groups in total. The Morgan fingerprint density at radius 1 is 1.64 bits per heavy atom. The highest BCUT2D eigenvalue weighted by Crippen LogP contribution is 2.12. The van der Waals surface area contributed by atoms with Gasteiger partial charge in [0, 0.05) is 4.88 Å². The zero-order chi connectivity index (χ0) is 8.10. The first kappa shape index (κ1) is 8.75. The summed E-state index contributed by atoms with van der Waals surface area (Å²) in [5.74, 6) is 0. The standard InChI is InChI=1S/C9H14OS/c1-8(10)4-2-5-9-6-3-7-11-9/h3,6-8,10H,2,4-5H2,1H3. The van der Waals surface area contributed by atoms with E-state index in [2.05, 4.69) is 17.5 Å². The van der Waals surface area contributed by atoms with E-state index in [9.17, 15) is 0 Å². The molecule has 1 nitrogen and oxygen atoms in total. The molecule has 0 aliphatic carbocycles. The van der Waals surface area contributed by atoms with Gasteiger partial charge in [0.1, 0.15) is 0 Å². The Kier molecular flexibility index (Phi) is 3.60. The normalized spacial score (nSPS) is 13.3. The average molecular weight is 170 g/mol. The second kappa shape index (κ2) is 4.52. The molecule has 1 aromatic rings. The summed E-state index contributed by atoms with van der Waals surface area (Å²) in [6, 6.07) is 4.22. The smallest absolute Gasteiger partial charge is 0.0512 e. The number of aliphatic hydroxyl groups is 1. The van der Waals surface area contributed by atoms with Crippen molar-refractivity contribution in [2.24, 2.45) is 0 Å². The van der Waals surface area contributed by atoms with Gasteiger partial charge >= 0.3 is 0 Å². The molecule has 0 amide bonds. The largest absolute Gasteiger partial charge is 0.393 e. The number of aryl methyl sites for hydroxylation is 1. The fraction of sp³-hybridized carbons (Fsp3) is 0.556. The molecule has 1 rings (SSSR count). The Bertz CT molecular complexity index is 179. The summed E-state index contributed by atoms with van der Waals surface area (Å²) in [6.07, 6.45) is 2.98. The fourth-order valence-corrected chi connectivity index (χ4v) is 1.78. The molecule has 0 saturated heterocycles. The zero-order valence-corrected chi connectivity index (χ0v) is 7.60. The molecule has 0 aliphatic rings. The number of hydrogen-bond donors (Lipinski definition) is 1. The van der Waals surface area contributed by atoms with Crippen molar-refractivity contribution < 1.29 is 5.11 Å². The minimum Gasteiger partial charge on any atom is -0.393 e. The van der Waals surface area contributed by atoms with E-state index < -0.39 is 0 Å². The third-order valence-corrected chi connectivity index (χ3v) is 2.56. The van der Waals surface area contributed by atoms with Gasteiger partial charge in [-0.15, -0.1) is 11.3 Å². The molecule has 0 spiro atoms. The van der Waals surface area contributed by atoms with Crippen LogP contribution in [0.1, 0.15) is 24.6 Å². The average Bonchev–Trinajstić information content (AvgIpc) is 2.39. The molecule has 0 bridgehead atoms. The molecule has 1 heterocycles. The maximum atomic E-state index is 8.98. The summed E-state index contributed by atoms with van der Waals surface area (Å²) in [6.45, 7) is 1.84. The Labute approximate surface area is 71.7 Å². The van der Waals surface area contributed by atoms with Crippen LogP contribution < -0.4 is 0 Å². The third-order valence-electron chi connectivity index (χ3n) is 1.63. The molecule has 0 saturated carbocycles. The first-order chi connectivity index (χ1) is 5.29. The van der Waals surface area contributed by atoms with Gasteiger partial charge in [0.25, 0.3) is 0 Å². The molecule has 2 heteroatoms. The molecule has 1 aromatic heterocycles. The Hall–Kier alpha value is -0.340. The first-order valence-electron chi connectivity index (χ1n) is 3.99. The maximum absolute atomic E-state index is 8.98. The topological polar surface area (TPSA) is 20.2 Å². The highest BCUT2D eigenvalue weighted by atomic mass is 32.1. The van der Waals surface area contributed by atoms with E-state index in [-0.39, 0.29) is 6.10 Å². The van der Waals surface area contributed by atoms with Crippen molar-refractivity contribution in [3.63, 3.8) is 0 Å². The van der Waals surface area contributed by atoms with Crippen LogP contribution in [-0.4, -0.2) is 11.2 Å². The maximum Gasteiger partial charge on any atom is 0.0512 e. The van der Waals surface area contributed by atoms with Crippen LogP contribution in [-0.2, 0) is 6.42 Å². The molecule has 1 unspecified atom stereocenters. The minimum atomic E-state index is -0.144. The van der Waals surface area contributed by atoms with Crippen molar-refractivity contribution >= 4 is 11.3 Å². The van der Waals surface area contributed by atoms with Crippen LogP contribution in [0.2, 0.25) is 0 Å². The lowest BCUT2D eigenvalue weighted by atomic mass is 10.1. The molecule has 0 fully saturated rings. The zero-order valence-electron chi connectivity index (χ0n) is 6.79. The SMILES string of the molecule is CC(O)CCCc1cccs1. The molecular formula is C9H14OS. The van der Waals surface area contributed by atoms with E-state index >= 15 is 0 Å². The summed E-state index contributed by atoms with van der Waals surface area (Å²) in [5, 5.41) is 11.1. The van der Waals surface area contributed by atoms with Crippen LogP contribution in [0, 0.1) is 0 Å². The monoisotopic (exact) mass is 170 g/mol. The molecule has 11 heavy (non-hydrogen) atoms. The van der Waals surface area contributed by atoms with E-state index in [4.69, 9.17) is 5.11 Å². The summed E-state index contributed by atoms with van der Waals surface area (Å²) in [5.41, 5.74) is 0. The van der Waals surface area contributed by atoms with E-state index in [1.165, 1.54) is 4.88 Å². The van der Waals surface area contributed by atoms with Gasteiger partial charge in [-0.3, -0.25) is 0 Å². The summed E-state index contributed by atoms with van der Waals surface area (Å²) in [7, 11) is 0. The van der Waals surface area contributed by atoms with Crippen molar-refractivity contribution in [1.82, 2.24) is 0 Å². The number of rotatable bonds is 4. The molecule has 1 atom stereocenters. The van der Waals surface area contributed by atoms with Crippen LogP contribution in [0.3, 0.4) is 0 Å². The lowest BCUT2D eigenvalue weighted by Gasteiger charge is -2.01. The minimum absolute atomic E-state index is 0.144. The second-order valence-electron chi connectivity index (χ2n) is 2.82. The van der Waals surface area contributed by atoms with Gasteiger partial charge in [-0.2, -0.15) is 0 Å². The van der Waals surface area contributed by atoms with Crippen LogP contribution in [0.15, 0.2) is 17.5 Å². The second-order valence-corrected chi connectivity index (χ2v) is 3.85. The van der Waals surface area contributed by atoms with Crippen molar-refractivity contribution in [2.45, 2.75) is 32.3 Å². The van der Waals surface area contributed by atoms with Gasteiger partial charge in [0.15, 0.2) is 0 Å².